The number of ether oxygens (including phenoxy) is 1. The van der Waals surface area contributed by atoms with Gasteiger partial charge in [-0.15, -0.1) is 0 Å². The third-order valence-electron chi connectivity index (χ3n) is 3.30. The molecular weight excluding hydrogens is 264 g/mol. The summed E-state index contributed by atoms with van der Waals surface area (Å²) < 4.78 is 5.70. The Morgan fingerprint density at radius 2 is 1.76 bits per heavy atom. The molecule has 110 valence electrons. The zero-order valence-corrected chi connectivity index (χ0v) is 12.6. The molecule has 0 aromatic heterocycles. The summed E-state index contributed by atoms with van der Waals surface area (Å²) in [5.41, 5.74) is 2.49. The first-order valence-electron chi connectivity index (χ1n) is 6.92. The van der Waals surface area contributed by atoms with E-state index in [9.17, 15) is 4.79 Å². The van der Waals surface area contributed by atoms with E-state index in [1.165, 1.54) is 5.56 Å². The summed E-state index contributed by atoms with van der Waals surface area (Å²) in [6.45, 7) is 6.86. The second kappa shape index (κ2) is 6.00. The highest BCUT2D eigenvalue weighted by Gasteiger charge is 2.13. The Hall–Kier alpha value is -2.29. The molecule has 0 atom stereocenters. The number of hydrogen-bond acceptors (Lipinski definition) is 2. The quantitative estimate of drug-likeness (QED) is 0.912. The number of carboxylic acids is 1. The molecule has 2 aromatic rings. The van der Waals surface area contributed by atoms with Crippen LogP contribution in [0.4, 0.5) is 0 Å². The molecule has 0 bridgehead atoms. The first-order valence-corrected chi connectivity index (χ1v) is 6.92. The smallest absolute Gasteiger partial charge is 0.335 e. The molecule has 2 aromatic carbocycles. The van der Waals surface area contributed by atoms with Crippen LogP contribution in [0.25, 0.3) is 0 Å². The lowest BCUT2D eigenvalue weighted by molar-refractivity contribution is 0.0696. The Balaban J connectivity index is 2.03. The number of hydrogen-bond donors (Lipinski definition) is 1. The van der Waals surface area contributed by atoms with E-state index in [1.807, 2.05) is 18.2 Å². The third kappa shape index (κ3) is 4.09. The van der Waals surface area contributed by atoms with E-state index in [2.05, 4.69) is 32.9 Å². The van der Waals surface area contributed by atoms with Crippen LogP contribution in [0.5, 0.6) is 5.75 Å². The molecule has 0 radical (unpaired) electrons. The summed E-state index contributed by atoms with van der Waals surface area (Å²) in [7, 11) is 0. The Labute approximate surface area is 125 Å². The van der Waals surface area contributed by atoms with Gasteiger partial charge in [-0.3, -0.25) is 0 Å². The van der Waals surface area contributed by atoms with Crippen molar-refractivity contribution in [2.75, 3.05) is 0 Å². The predicted octanol–water partition coefficient (Wildman–Crippen LogP) is 4.26. The Morgan fingerprint density at radius 3 is 2.33 bits per heavy atom. The number of carboxylic acid groups (broad SMARTS) is 1. The van der Waals surface area contributed by atoms with Gasteiger partial charge in [-0.2, -0.15) is 0 Å². The zero-order valence-electron chi connectivity index (χ0n) is 12.6. The molecule has 0 saturated carbocycles. The van der Waals surface area contributed by atoms with Crippen molar-refractivity contribution in [2.45, 2.75) is 32.8 Å². The molecule has 0 aliphatic rings. The van der Waals surface area contributed by atoms with Crippen LogP contribution in [0.3, 0.4) is 0 Å². The SMILES string of the molecule is CC(C)(C)c1ccc(OCc2cccc(C(=O)O)c2)cc1. The maximum Gasteiger partial charge on any atom is 0.335 e. The highest BCUT2D eigenvalue weighted by atomic mass is 16.5. The molecule has 2 rings (SSSR count). The highest BCUT2D eigenvalue weighted by molar-refractivity contribution is 5.87. The molecule has 0 heterocycles. The van der Waals surface area contributed by atoms with Crippen LogP contribution in [0.15, 0.2) is 48.5 Å². The molecule has 0 aliphatic carbocycles. The standard InChI is InChI=1S/C18H20O3/c1-18(2,3)15-7-9-16(10-8-15)21-12-13-5-4-6-14(11-13)17(19)20/h4-11H,12H2,1-3H3,(H,19,20). The Bertz CT molecular complexity index is 622. The van der Waals surface area contributed by atoms with Gasteiger partial charge in [-0.05, 0) is 40.8 Å². The molecule has 0 saturated heterocycles. The summed E-state index contributed by atoms with van der Waals surface area (Å²) in [5.74, 6) is -0.143. The predicted molar refractivity (Wildman–Crippen MR) is 82.9 cm³/mol. The van der Waals surface area contributed by atoms with E-state index < -0.39 is 5.97 Å². The molecule has 0 fully saturated rings. The van der Waals surface area contributed by atoms with Crippen LogP contribution in [0, 0.1) is 0 Å². The van der Waals surface area contributed by atoms with Crippen LogP contribution in [-0.2, 0) is 12.0 Å². The van der Waals surface area contributed by atoms with Crippen molar-refractivity contribution >= 4 is 5.97 Å². The van der Waals surface area contributed by atoms with Crippen LogP contribution in [0.2, 0.25) is 0 Å². The fraction of sp³-hybridized carbons (Fsp3) is 0.278. The van der Waals surface area contributed by atoms with Gasteiger partial charge in [-0.1, -0.05) is 45.0 Å². The molecule has 1 N–H and O–H groups in total. The second-order valence-corrected chi connectivity index (χ2v) is 6.07. The topological polar surface area (TPSA) is 46.5 Å². The lowest BCUT2D eigenvalue weighted by Crippen LogP contribution is -2.10. The van der Waals surface area contributed by atoms with E-state index in [4.69, 9.17) is 9.84 Å². The van der Waals surface area contributed by atoms with Gasteiger partial charge >= 0.3 is 5.97 Å². The number of carbonyl (C=O) groups is 1. The van der Waals surface area contributed by atoms with Crippen molar-refractivity contribution in [1.82, 2.24) is 0 Å². The molecule has 0 amide bonds. The number of benzene rings is 2. The van der Waals surface area contributed by atoms with Gasteiger partial charge in [0.25, 0.3) is 0 Å². The monoisotopic (exact) mass is 284 g/mol. The van der Waals surface area contributed by atoms with Crippen LogP contribution in [0.1, 0.15) is 42.3 Å². The first-order chi connectivity index (χ1) is 9.86. The van der Waals surface area contributed by atoms with Crippen molar-refractivity contribution < 1.29 is 14.6 Å². The molecule has 3 nitrogen and oxygen atoms in total. The summed E-state index contributed by atoms with van der Waals surface area (Å²) >= 11 is 0. The third-order valence-corrected chi connectivity index (χ3v) is 3.30. The van der Waals surface area contributed by atoms with E-state index >= 15 is 0 Å². The van der Waals surface area contributed by atoms with E-state index in [-0.39, 0.29) is 11.0 Å². The fourth-order valence-corrected chi connectivity index (χ4v) is 2.01. The van der Waals surface area contributed by atoms with Gasteiger partial charge in [0, 0.05) is 0 Å². The van der Waals surface area contributed by atoms with Gasteiger partial charge in [0.2, 0.25) is 0 Å². The largest absolute Gasteiger partial charge is 0.489 e. The number of rotatable bonds is 4. The molecule has 0 spiro atoms. The maximum absolute atomic E-state index is 10.9. The molecular formula is C18H20O3. The van der Waals surface area contributed by atoms with Crippen molar-refractivity contribution in [3.8, 4) is 5.75 Å². The Morgan fingerprint density at radius 1 is 1.10 bits per heavy atom. The van der Waals surface area contributed by atoms with Gasteiger partial charge in [0.15, 0.2) is 0 Å². The number of aromatic carboxylic acids is 1. The van der Waals surface area contributed by atoms with Crippen LogP contribution < -0.4 is 4.74 Å². The normalized spacial score (nSPS) is 11.2. The van der Waals surface area contributed by atoms with Crippen molar-refractivity contribution in [3.05, 3.63) is 65.2 Å². The summed E-state index contributed by atoms with van der Waals surface area (Å²) in [5, 5.41) is 8.96. The lowest BCUT2D eigenvalue weighted by Gasteiger charge is -2.19. The van der Waals surface area contributed by atoms with Crippen LogP contribution in [-0.4, -0.2) is 11.1 Å². The van der Waals surface area contributed by atoms with Gasteiger partial charge in [-0.25, -0.2) is 4.79 Å². The second-order valence-electron chi connectivity index (χ2n) is 6.07. The van der Waals surface area contributed by atoms with Crippen molar-refractivity contribution in [1.29, 1.82) is 0 Å². The molecule has 21 heavy (non-hydrogen) atoms. The summed E-state index contributed by atoms with van der Waals surface area (Å²) in [4.78, 5) is 10.9. The van der Waals surface area contributed by atoms with Crippen molar-refractivity contribution in [3.63, 3.8) is 0 Å². The lowest BCUT2D eigenvalue weighted by atomic mass is 9.87. The zero-order chi connectivity index (χ0) is 15.5. The molecule has 0 aliphatic heterocycles. The minimum absolute atomic E-state index is 0.119. The average molecular weight is 284 g/mol. The molecule has 0 unspecified atom stereocenters. The minimum atomic E-state index is -0.925. The van der Waals surface area contributed by atoms with Crippen LogP contribution >= 0.6 is 0 Å². The van der Waals surface area contributed by atoms with Gasteiger partial charge < -0.3 is 9.84 Å². The average Bonchev–Trinajstić information content (AvgIpc) is 2.45. The highest BCUT2D eigenvalue weighted by Crippen LogP contribution is 2.24. The first kappa shape index (κ1) is 15.1. The summed E-state index contributed by atoms with van der Waals surface area (Å²) in [6.07, 6.45) is 0. The van der Waals surface area contributed by atoms with E-state index in [0.29, 0.717) is 6.61 Å². The van der Waals surface area contributed by atoms with Gasteiger partial charge in [0.05, 0.1) is 5.56 Å². The maximum atomic E-state index is 10.9. The van der Waals surface area contributed by atoms with E-state index in [1.54, 1.807) is 18.2 Å². The minimum Gasteiger partial charge on any atom is -0.489 e. The van der Waals surface area contributed by atoms with E-state index in [0.717, 1.165) is 11.3 Å². The Kier molecular flexibility index (Phi) is 4.32. The fourth-order valence-electron chi connectivity index (χ4n) is 2.01. The molecule has 3 heteroatoms. The summed E-state index contributed by atoms with van der Waals surface area (Å²) in [6, 6.07) is 14.8. The van der Waals surface area contributed by atoms with Crippen molar-refractivity contribution in [2.24, 2.45) is 0 Å². The van der Waals surface area contributed by atoms with Gasteiger partial charge in [0.1, 0.15) is 12.4 Å².